The van der Waals surface area contributed by atoms with E-state index < -0.39 is 12.0 Å². The number of aliphatic imine (C=N–C) groups is 1. The summed E-state index contributed by atoms with van der Waals surface area (Å²) in [6.45, 7) is 1.20. The Hall–Kier alpha value is -4.45. The zero-order chi connectivity index (χ0) is 25.2. The predicted octanol–water partition coefficient (Wildman–Crippen LogP) is 5.13. The highest BCUT2D eigenvalue weighted by molar-refractivity contribution is 6.13. The van der Waals surface area contributed by atoms with Crippen molar-refractivity contribution >= 4 is 17.5 Å². The number of aromatic nitrogens is 1. The first-order valence-electron chi connectivity index (χ1n) is 11.9. The van der Waals surface area contributed by atoms with Crippen LogP contribution in [0.2, 0.25) is 0 Å². The Morgan fingerprint density at radius 1 is 0.889 bits per heavy atom. The Kier molecular flexibility index (Phi) is 8.44. The maximum atomic E-state index is 12.1. The molecule has 6 heteroatoms. The van der Waals surface area contributed by atoms with Crippen molar-refractivity contribution in [2.45, 2.75) is 12.5 Å². The zero-order valence-corrected chi connectivity index (χ0v) is 20.2. The lowest BCUT2D eigenvalue weighted by Crippen LogP contribution is -2.24. The van der Waals surface area contributed by atoms with E-state index in [0.29, 0.717) is 18.9 Å². The van der Waals surface area contributed by atoms with E-state index in [4.69, 9.17) is 9.73 Å². The van der Waals surface area contributed by atoms with E-state index in [2.05, 4.69) is 4.98 Å². The van der Waals surface area contributed by atoms with Gasteiger partial charge >= 0.3 is 5.97 Å². The summed E-state index contributed by atoms with van der Waals surface area (Å²) >= 11 is 0. The van der Waals surface area contributed by atoms with E-state index in [9.17, 15) is 9.90 Å². The van der Waals surface area contributed by atoms with E-state index in [1.807, 2.05) is 115 Å². The van der Waals surface area contributed by atoms with Gasteiger partial charge in [-0.05, 0) is 29.8 Å². The van der Waals surface area contributed by atoms with Gasteiger partial charge < -0.3 is 14.7 Å². The van der Waals surface area contributed by atoms with Crippen molar-refractivity contribution in [2.24, 2.45) is 4.99 Å². The number of nitrogens with zero attached hydrogens (tertiary/aromatic N) is 3. The van der Waals surface area contributed by atoms with Crippen LogP contribution in [-0.4, -0.2) is 48.0 Å². The maximum Gasteiger partial charge on any atom is 0.328 e. The van der Waals surface area contributed by atoms with Gasteiger partial charge in [0.2, 0.25) is 0 Å². The molecule has 0 aliphatic carbocycles. The van der Waals surface area contributed by atoms with Crippen molar-refractivity contribution in [2.75, 3.05) is 25.1 Å². The molecule has 0 saturated carbocycles. The standard InChI is InChI=1S/C30H29N3O3/c1-33(28-14-8-9-19-31-28)20-21-36-26-17-15-23(16-18-26)22-27(30(34)35)32-29(24-10-4-2-5-11-24)25-12-6-3-7-13-25/h2-19,27H,20-22H2,1H3,(H,34,35). The third kappa shape index (κ3) is 6.79. The summed E-state index contributed by atoms with van der Waals surface area (Å²) in [5, 5.41) is 9.95. The van der Waals surface area contributed by atoms with Gasteiger partial charge in [-0.1, -0.05) is 78.9 Å². The van der Waals surface area contributed by atoms with Gasteiger partial charge in [-0.15, -0.1) is 0 Å². The largest absolute Gasteiger partial charge is 0.492 e. The van der Waals surface area contributed by atoms with Crippen LogP contribution in [0.1, 0.15) is 16.7 Å². The highest BCUT2D eigenvalue weighted by atomic mass is 16.5. The minimum atomic E-state index is -0.961. The predicted molar refractivity (Wildman–Crippen MR) is 143 cm³/mol. The molecule has 0 spiro atoms. The molecule has 36 heavy (non-hydrogen) atoms. The van der Waals surface area contributed by atoms with Crippen molar-refractivity contribution in [3.8, 4) is 5.75 Å². The number of carbonyl (C=O) groups is 1. The zero-order valence-electron chi connectivity index (χ0n) is 20.2. The van der Waals surface area contributed by atoms with Crippen LogP contribution in [0.25, 0.3) is 0 Å². The number of hydrogen-bond acceptors (Lipinski definition) is 5. The van der Waals surface area contributed by atoms with Gasteiger partial charge in [-0.25, -0.2) is 9.78 Å². The lowest BCUT2D eigenvalue weighted by atomic mass is 10.0. The summed E-state index contributed by atoms with van der Waals surface area (Å²) in [6, 6.07) is 31.8. The number of carboxylic acid groups (broad SMARTS) is 1. The number of ether oxygens (including phenoxy) is 1. The van der Waals surface area contributed by atoms with Gasteiger partial charge in [-0.2, -0.15) is 0 Å². The molecule has 3 aromatic carbocycles. The average molecular weight is 480 g/mol. The molecule has 0 amide bonds. The fraction of sp³-hybridized carbons (Fsp3) is 0.167. The molecule has 0 bridgehead atoms. The van der Waals surface area contributed by atoms with Crippen molar-refractivity contribution in [1.82, 2.24) is 4.98 Å². The van der Waals surface area contributed by atoms with E-state index in [1.165, 1.54) is 0 Å². The van der Waals surface area contributed by atoms with Gasteiger partial charge in [0.05, 0.1) is 12.3 Å². The normalized spacial score (nSPS) is 11.4. The molecule has 0 saturated heterocycles. The molecule has 4 rings (SSSR count). The Bertz CT molecular complexity index is 1220. The highest BCUT2D eigenvalue weighted by Crippen LogP contribution is 2.18. The number of likely N-dealkylation sites (N-methyl/N-ethyl adjacent to an activating group) is 1. The van der Waals surface area contributed by atoms with Crippen LogP contribution in [0.5, 0.6) is 5.75 Å². The second-order valence-corrected chi connectivity index (χ2v) is 8.37. The van der Waals surface area contributed by atoms with Crippen LogP contribution < -0.4 is 9.64 Å². The molecule has 1 atom stereocenters. The molecular weight excluding hydrogens is 450 g/mol. The van der Waals surface area contributed by atoms with Crippen LogP contribution in [0, 0.1) is 0 Å². The molecule has 0 radical (unpaired) electrons. The molecule has 1 aromatic heterocycles. The summed E-state index contributed by atoms with van der Waals surface area (Å²) < 4.78 is 5.87. The smallest absolute Gasteiger partial charge is 0.328 e. The molecule has 1 heterocycles. The van der Waals surface area contributed by atoms with Crippen molar-refractivity contribution in [1.29, 1.82) is 0 Å². The summed E-state index contributed by atoms with van der Waals surface area (Å²) in [4.78, 5) is 23.2. The molecule has 1 N–H and O–H groups in total. The molecule has 0 aliphatic heterocycles. The van der Waals surface area contributed by atoms with Gasteiger partial charge in [0.25, 0.3) is 0 Å². The summed E-state index contributed by atoms with van der Waals surface area (Å²) in [5.74, 6) is 0.664. The highest BCUT2D eigenvalue weighted by Gasteiger charge is 2.19. The second kappa shape index (κ2) is 12.3. The van der Waals surface area contributed by atoms with Gasteiger partial charge in [-0.3, -0.25) is 4.99 Å². The molecule has 4 aromatic rings. The number of pyridine rings is 1. The Labute approximate surface area is 211 Å². The fourth-order valence-corrected chi connectivity index (χ4v) is 3.79. The fourth-order valence-electron chi connectivity index (χ4n) is 3.79. The van der Waals surface area contributed by atoms with E-state index in [1.54, 1.807) is 6.20 Å². The maximum absolute atomic E-state index is 12.1. The van der Waals surface area contributed by atoms with Crippen molar-refractivity contribution in [3.05, 3.63) is 126 Å². The van der Waals surface area contributed by atoms with Crippen molar-refractivity contribution < 1.29 is 14.6 Å². The number of hydrogen-bond donors (Lipinski definition) is 1. The van der Waals surface area contributed by atoms with Gasteiger partial charge in [0, 0.05) is 30.8 Å². The molecule has 6 nitrogen and oxygen atoms in total. The van der Waals surface area contributed by atoms with Gasteiger partial charge in [0.1, 0.15) is 18.2 Å². The van der Waals surface area contributed by atoms with Crippen LogP contribution in [-0.2, 0) is 11.2 Å². The molecule has 1 unspecified atom stereocenters. The van der Waals surface area contributed by atoms with E-state index in [0.717, 1.165) is 28.3 Å². The Morgan fingerprint density at radius 3 is 2.06 bits per heavy atom. The van der Waals surface area contributed by atoms with Crippen LogP contribution in [0.4, 0.5) is 5.82 Å². The summed E-state index contributed by atoms with van der Waals surface area (Å²) in [5.41, 5.74) is 3.31. The quantitative estimate of drug-likeness (QED) is 0.302. The molecule has 0 fully saturated rings. The first kappa shape index (κ1) is 24.7. The SMILES string of the molecule is CN(CCOc1ccc(CC(N=C(c2ccccc2)c2ccccc2)C(=O)O)cc1)c1ccccn1. The number of rotatable bonds is 11. The number of anilines is 1. The third-order valence-corrected chi connectivity index (χ3v) is 5.75. The van der Waals surface area contributed by atoms with E-state index >= 15 is 0 Å². The minimum absolute atomic E-state index is 0.279. The van der Waals surface area contributed by atoms with Crippen LogP contribution in [0.15, 0.2) is 114 Å². The average Bonchev–Trinajstić information content (AvgIpc) is 2.93. The third-order valence-electron chi connectivity index (χ3n) is 5.75. The number of carboxylic acids is 1. The summed E-state index contributed by atoms with van der Waals surface area (Å²) in [6.07, 6.45) is 2.05. The van der Waals surface area contributed by atoms with Crippen molar-refractivity contribution in [3.63, 3.8) is 0 Å². The number of aliphatic carboxylic acids is 1. The van der Waals surface area contributed by atoms with E-state index in [-0.39, 0.29) is 6.42 Å². The Balaban J connectivity index is 1.43. The lowest BCUT2D eigenvalue weighted by Gasteiger charge is -2.18. The van der Waals surface area contributed by atoms with Gasteiger partial charge in [0.15, 0.2) is 6.04 Å². The minimum Gasteiger partial charge on any atom is -0.492 e. The topological polar surface area (TPSA) is 75.0 Å². The first-order valence-corrected chi connectivity index (χ1v) is 11.9. The van der Waals surface area contributed by atoms with Crippen LogP contribution in [0.3, 0.4) is 0 Å². The second-order valence-electron chi connectivity index (χ2n) is 8.37. The number of benzene rings is 3. The first-order chi connectivity index (χ1) is 17.6. The monoisotopic (exact) mass is 479 g/mol. The lowest BCUT2D eigenvalue weighted by molar-refractivity contribution is -0.138. The van der Waals surface area contributed by atoms with Crippen LogP contribution >= 0.6 is 0 Å². The molecule has 182 valence electrons. The molecular formula is C30H29N3O3. The summed E-state index contributed by atoms with van der Waals surface area (Å²) in [7, 11) is 1.97. The Morgan fingerprint density at radius 2 is 1.50 bits per heavy atom. The molecule has 0 aliphatic rings.